The first kappa shape index (κ1) is 23.4. The summed E-state index contributed by atoms with van der Waals surface area (Å²) in [4.78, 5) is 32.3. The fourth-order valence-corrected chi connectivity index (χ4v) is 4.74. The highest BCUT2D eigenvalue weighted by atomic mass is 35.5. The van der Waals surface area contributed by atoms with Gasteiger partial charge >= 0.3 is 5.97 Å². The summed E-state index contributed by atoms with van der Waals surface area (Å²) in [6.45, 7) is 1.26. The number of halogens is 1. The molecule has 160 valence electrons. The number of thioether (sulfide) groups is 1. The predicted octanol–water partition coefficient (Wildman–Crippen LogP) is 6.86. The Morgan fingerprint density at radius 3 is 2.35 bits per heavy atom. The zero-order chi connectivity index (χ0) is 22.1. The molecule has 0 fully saturated rings. The maximum atomic E-state index is 13.0. The quantitative estimate of drug-likeness (QED) is 0.173. The van der Waals surface area contributed by atoms with Crippen LogP contribution >= 0.6 is 35.1 Å². The first-order valence-electron chi connectivity index (χ1n) is 9.81. The fraction of sp³-hybridized carbons (Fsp3) is 0.208. The molecule has 0 saturated carbocycles. The van der Waals surface area contributed by atoms with Gasteiger partial charge in [-0.25, -0.2) is 4.79 Å². The zero-order valence-electron chi connectivity index (χ0n) is 17.0. The third-order valence-corrected chi connectivity index (χ3v) is 6.78. The van der Waals surface area contributed by atoms with Gasteiger partial charge in [-0.1, -0.05) is 52.8 Å². The molecule has 0 radical (unpaired) electrons. The Kier molecular flexibility index (Phi) is 9.00. The Morgan fingerprint density at radius 1 is 1.00 bits per heavy atom. The minimum Gasteiger partial charge on any atom is -0.318 e. The van der Waals surface area contributed by atoms with Gasteiger partial charge < -0.3 is 4.84 Å². The lowest BCUT2D eigenvalue weighted by Gasteiger charge is -2.11. The molecule has 2 aromatic rings. The minimum absolute atomic E-state index is 0.233. The Hall–Kier alpha value is -2.28. The summed E-state index contributed by atoms with van der Waals surface area (Å²) in [7, 11) is 0. The molecule has 0 spiro atoms. The average Bonchev–Trinajstić information content (AvgIpc) is 2.78. The van der Waals surface area contributed by atoms with Crippen LogP contribution in [0.4, 0.5) is 0 Å². The van der Waals surface area contributed by atoms with Crippen molar-refractivity contribution in [2.24, 2.45) is 5.16 Å². The van der Waals surface area contributed by atoms with Crippen LogP contribution in [0.2, 0.25) is 0 Å². The third-order valence-electron chi connectivity index (χ3n) is 4.33. The van der Waals surface area contributed by atoms with E-state index in [0.717, 1.165) is 27.7 Å². The molecular weight excluding hydrogens is 450 g/mol. The van der Waals surface area contributed by atoms with Crippen molar-refractivity contribution in [3.8, 4) is 0 Å². The van der Waals surface area contributed by atoms with Gasteiger partial charge in [0.15, 0.2) is 0 Å². The number of rotatable bonds is 9. The molecular formula is C24H22ClNO3S2. The number of allylic oxidation sites excluding steroid dienone is 4. The summed E-state index contributed by atoms with van der Waals surface area (Å²) in [6, 6.07) is 17.4. The van der Waals surface area contributed by atoms with E-state index in [2.05, 4.69) is 5.16 Å². The van der Waals surface area contributed by atoms with E-state index in [1.165, 1.54) is 11.8 Å². The number of oxime groups is 1. The number of hydrogen-bond donors (Lipinski definition) is 0. The van der Waals surface area contributed by atoms with Crippen molar-refractivity contribution in [3.05, 3.63) is 82.3 Å². The molecule has 0 N–H and O–H groups in total. The lowest BCUT2D eigenvalue weighted by atomic mass is 10.1. The van der Waals surface area contributed by atoms with Gasteiger partial charge in [-0.2, -0.15) is 0 Å². The monoisotopic (exact) mass is 471 g/mol. The molecule has 1 aliphatic rings. The van der Waals surface area contributed by atoms with Gasteiger partial charge in [0.1, 0.15) is 5.71 Å². The highest BCUT2D eigenvalue weighted by molar-refractivity contribution is 8.03. The highest BCUT2D eigenvalue weighted by Gasteiger charge is 2.17. The van der Waals surface area contributed by atoms with E-state index in [1.807, 2.05) is 54.6 Å². The van der Waals surface area contributed by atoms with E-state index in [0.29, 0.717) is 17.7 Å². The second kappa shape index (κ2) is 11.9. The third kappa shape index (κ3) is 7.73. The number of ketones is 1. The van der Waals surface area contributed by atoms with E-state index in [1.54, 1.807) is 35.7 Å². The van der Waals surface area contributed by atoms with Gasteiger partial charge in [0, 0.05) is 39.5 Å². The van der Waals surface area contributed by atoms with E-state index in [4.69, 9.17) is 16.4 Å². The maximum absolute atomic E-state index is 13.0. The molecule has 0 atom stereocenters. The lowest BCUT2D eigenvalue weighted by molar-refractivity contribution is -0.140. The Labute approximate surface area is 195 Å². The van der Waals surface area contributed by atoms with Crippen LogP contribution in [0, 0.1) is 0 Å². The zero-order valence-corrected chi connectivity index (χ0v) is 19.4. The Balaban J connectivity index is 1.64. The molecule has 3 rings (SSSR count). The number of benzene rings is 2. The highest BCUT2D eigenvalue weighted by Crippen LogP contribution is 2.30. The Bertz CT molecular complexity index is 1010. The van der Waals surface area contributed by atoms with Crippen LogP contribution in [0.1, 0.15) is 36.5 Å². The van der Waals surface area contributed by atoms with Gasteiger partial charge in [-0.15, -0.1) is 11.8 Å². The summed E-state index contributed by atoms with van der Waals surface area (Å²) in [6.07, 6.45) is 6.03. The number of carbonyl (C=O) groups is 2. The van der Waals surface area contributed by atoms with Gasteiger partial charge in [0.2, 0.25) is 5.78 Å². The average molecular weight is 472 g/mol. The molecule has 0 aromatic heterocycles. The van der Waals surface area contributed by atoms with Crippen molar-refractivity contribution in [3.63, 3.8) is 0 Å². The maximum Gasteiger partial charge on any atom is 0.331 e. The summed E-state index contributed by atoms with van der Waals surface area (Å²) in [5, 5.41) is 4.68. The molecule has 7 heteroatoms. The van der Waals surface area contributed by atoms with Gasteiger partial charge in [0.25, 0.3) is 0 Å². The second-order valence-corrected chi connectivity index (χ2v) is 9.59. The summed E-state index contributed by atoms with van der Waals surface area (Å²) in [5.41, 5.74) is 0.746. The van der Waals surface area contributed by atoms with Crippen LogP contribution in [-0.2, 0) is 9.63 Å². The van der Waals surface area contributed by atoms with Crippen molar-refractivity contribution in [2.75, 3.05) is 5.75 Å². The molecule has 0 aliphatic heterocycles. The second-order valence-electron chi connectivity index (χ2n) is 6.73. The van der Waals surface area contributed by atoms with Crippen molar-refractivity contribution in [2.45, 2.75) is 36.0 Å². The van der Waals surface area contributed by atoms with Crippen molar-refractivity contribution < 1.29 is 14.4 Å². The van der Waals surface area contributed by atoms with E-state index in [-0.39, 0.29) is 11.5 Å². The lowest BCUT2D eigenvalue weighted by Crippen LogP contribution is -2.16. The topological polar surface area (TPSA) is 55.7 Å². The summed E-state index contributed by atoms with van der Waals surface area (Å²) in [5.74, 6) is -0.133. The van der Waals surface area contributed by atoms with Crippen LogP contribution in [0.25, 0.3) is 0 Å². The van der Waals surface area contributed by atoms with Crippen molar-refractivity contribution in [1.29, 1.82) is 0 Å². The standard InChI is InChI=1S/C24H22ClNO3S2/c1-17(27)29-26-23(15-16-30-20-13-9-19(25)10-14-20)24(28)18-7-11-22(12-8-18)31-21-5-3-2-4-6-21/h2-9,11-13H,10,14-16H2,1H3/b26-23+. The van der Waals surface area contributed by atoms with Crippen molar-refractivity contribution >= 4 is 52.6 Å². The number of nitrogens with zero attached hydrogens (tertiary/aromatic N) is 1. The Morgan fingerprint density at radius 2 is 1.71 bits per heavy atom. The number of Topliss-reactive ketones (excluding diaryl/α,β-unsaturated/α-hetero) is 1. The molecule has 31 heavy (non-hydrogen) atoms. The molecule has 2 aromatic carbocycles. The first-order valence-corrected chi connectivity index (χ1v) is 12.0. The van der Waals surface area contributed by atoms with Crippen LogP contribution in [-0.4, -0.2) is 23.2 Å². The molecule has 0 unspecified atom stereocenters. The number of hydrogen-bond acceptors (Lipinski definition) is 6. The minimum atomic E-state index is -0.553. The normalized spacial score (nSPS) is 13.9. The summed E-state index contributed by atoms with van der Waals surface area (Å²) < 4.78 is 0. The largest absolute Gasteiger partial charge is 0.331 e. The van der Waals surface area contributed by atoms with Gasteiger partial charge in [-0.05, 0) is 60.2 Å². The molecule has 1 aliphatic carbocycles. The van der Waals surface area contributed by atoms with Crippen LogP contribution in [0.15, 0.2) is 91.6 Å². The molecule has 4 nitrogen and oxygen atoms in total. The van der Waals surface area contributed by atoms with E-state index >= 15 is 0 Å². The fourth-order valence-electron chi connectivity index (χ4n) is 2.78. The molecule has 0 saturated heterocycles. The number of carbonyl (C=O) groups excluding carboxylic acids is 2. The molecule has 0 amide bonds. The van der Waals surface area contributed by atoms with Crippen molar-refractivity contribution in [1.82, 2.24) is 0 Å². The van der Waals surface area contributed by atoms with Gasteiger partial charge in [-0.3, -0.25) is 4.79 Å². The predicted molar refractivity (Wildman–Crippen MR) is 129 cm³/mol. The molecule has 0 heterocycles. The summed E-state index contributed by atoms with van der Waals surface area (Å²) >= 11 is 9.28. The smallest absolute Gasteiger partial charge is 0.318 e. The van der Waals surface area contributed by atoms with E-state index < -0.39 is 5.97 Å². The SMILES string of the molecule is CC(=O)O/N=C(\CCSC1=CC=C(Cl)CC1)C(=O)c1ccc(Sc2ccccc2)cc1. The van der Waals surface area contributed by atoms with Crippen LogP contribution < -0.4 is 0 Å². The van der Waals surface area contributed by atoms with E-state index in [9.17, 15) is 9.59 Å². The first-order chi connectivity index (χ1) is 15.0. The molecule has 0 bridgehead atoms. The van der Waals surface area contributed by atoms with Gasteiger partial charge in [0.05, 0.1) is 0 Å². The van der Waals surface area contributed by atoms with Crippen LogP contribution in [0.5, 0.6) is 0 Å². The van der Waals surface area contributed by atoms with Crippen LogP contribution in [0.3, 0.4) is 0 Å².